The summed E-state index contributed by atoms with van der Waals surface area (Å²) in [6, 6.07) is 15.9. The lowest BCUT2D eigenvalue weighted by Crippen LogP contribution is -1.98. The molecule has 4 rings (SSSR count). The largest absolute Gasteiger partial charge is 0.340 e. The summed E-state index contributed by atoms with van der Waals surface area (Å²) in [6.45, 7) is 0. The second kappa shape index (κ2) is 8.46. The summed E-state index contributed by atoms with van der Waals surface area (Å²) in [5, 5.41) is 13.6. The van der Waals surface area contributed by atoms with Crippen molar-refractivity contribution in [3.05, 3.63) is 89.6 Å². The van der Waals surface area contributed by atoms with E-state index in [9.17, 15) is 12.8 Å². The van der Waals surface area contributed by atoms with Crippen LogP contribution in [-0.2, 0) is 9.84 Å². The number of halogens is 1. The molecule has 0 spiro atoms. The fourth-order valence-corrected chi connectivity index (χ4v) is 3.61. The van der Waals surface area contributed by atoms with Crippen LogP contribution in [0.4, 0.5) is 15.9 Å². The maximum atomic E-state index is 13.8. The Morgan fingerprint density at radius 1 is 1.00 bits per heavy atom. The van der Waals surface area contributed by atoms with Gasteiger partial charge in [0.1, 0.15) is 23.4 Å². The van der Waals surface area contributed by atoms with E-state index >= 15 is 0 Å². The highest BCUT2D eigenvalue weighted by atomic mass is 32.2. The van der Waals surface area contributed by atoms with Crippen molar-refractivity contribution in [1.29, 1.82) is 5.26 Å². The lowest BCUT2D eigenvalue weighted by molar-refractivity contribution is 0.602. The van der Waals surface area contributed by atoms with Gasteiger partial charge in [-0.1, -0.05) is 5.92 Å². The van der Waals surface area contributed by atoms with Gasteiger partial charge in [-0.15, -0.1) is 0 Å². The minimum Gasteiger partial charge on any atom is -0.340 e. The Bertz CT molecular complexity index is 1550. The van der Waals surface area contributed by atoms with Crippen LogP contribution in [0.15, 0.2) is 71.9 Å². The molecule has 32 heavy (non-hydrogen) atoms. The molecule has 0 radical (unpaired) electrons. The first-order valence-corrected chi connectivity index (χ1v) is 11.3. The highest BCUT2D eigenvalue weighted by molar-refractivity contribution is 7.90. The lowest BCUT2D eigenvalue weighted by atomic mass is 10.1. The molecular weight excluding hydrogens is 427 g/mol. The molecule has 2 aromatic heterocycles. The van der Waals surface area contributed by atoms with Crippen LogP contribution in [-0.4, -0.2) is 24.6 Å². The smallest absolute Gasteiger partial charge is 0.175 e. The standard InChI is InChI=1S/C24H15FN4O2S/c1-32(30,31)20-7-5-19(6-8-20)29-24-13-21-18(15-28-24)10-11-27-23(21)9-3-16-2-4-17(14-26)22(25)12-16/h2,4-8,10-13,15H,1H3,(H,28,29). The highest BCUT2D eigenvalue weighted by Crippen LogP contribution is 2.22. The van der Waals surface area contributed by atoms with E-state index < -0.39 is 15.7 Å². The predicted molar refractivity (Wildman–Crippen MR) is 119 cm³/mol. The Morgan fingerprint density at radius 3 is 2.47 bits per heavy atom. The van der Waals surface area contributed by atoms with E-state index in [-0.39, 0.29) is 10.5 Å². The van der Waals surface area contributed by atoms with E-state index in [4.69, 9.17) is 5.26 Å². The zero-order chi connectivity index (χ0) is 22.7. The van der Waals surface area contributed by atoms with E-state index in [0.717, 1.165) is 17.0 Å². The maximum absolute atomic E-state index is 13.8. The minimum atomic E-state index is -3.27. The summed E-state index contributed by atoms with van der Waals surface area (Å²) in [7, 11) is -3.27. The third-order valence-corrected chi connectivity index (χ3v) is 5.75. The molecule has 8 heteroatoms. The van der Waals surface area contributed by atoms with E-state index in [0.29, 0.717) is 22.8 Å². The zero-order valence-corrected chi connectivity index (χ0v) is 17.6. The number of sulfone groups is 1. The van der Waals surface area contributed by atoms with E-state index in [1.807, 2.05) is 0 Å². The van der Waals surface area contributed by atoms with Gasteiger partial charge in [-0.3, -0.25) is 0 Å². The number of pyridine rings is 2. The first-order valence-electron chi connectivity index (χ1n) is 9.37. The molecule has 0 saturated carbocycles. The van der Waals surface area contributed by atoms with Gasteiger partial charge in [0.2, 0.25) is 0 Å². The van der Waals surface area contributed by atoms with Crippen molar-refractivity contribution < 1.29 is 12.8 Å². The van der Waals surface area contributed by atoms with Gasteiger partial charge in [-0.2, -0.15) is 5.26 Å². The van der Waals surface area contributed by atoms with Crippen LogP contribution in [0.5, 0.6) is 0 Å². The van der Waals surface area contributed by atoms with Gasteiger partial charge in [-0.05, 0) is 60.5 Å². The van der Waals surface area contributed by atoms with E-state index in [1.165, 1.54) is 24.3 Å². The molecule has 2 heterocycles. The van der Waals surface area contributed by atoms with Crippen molar-refractivity contribution >= 4 is 32.1 Å². The molecule has 0 aliphatic carbocycles. The molecule has 4 aromatic rings. The molecule has 0 amide bonds. The molecular formula is C24H15FN4O2S. The zero-order valence-electron chi connectivity index (χ0n) is 16.8. The summed E-state index contributed by atoms with van der Waals surface area (Å²) < 4.78 is 37.1. The molecule has 6 nitrogen and oxygen atoms in total. The van der Waals surface area contributed by atoms with Gasteiger partial charge in [-0.25, -0.2) is 22.8 Å². The first-order chi connectivity index (χ1) is 15.3. The number of aromatic nitrogens is 2. The Labute approximate surface area is 184 Å². The summed E-state index contributed by atoms with van der Waals surface area (Å²) >= 11 is 0. The molecule has 1 N–H and O–H groups in total. The van der Waals surface area contributed by atoms with Crippen LogP contribution in [0.3, 0.4) is 0 Å². The maximum Gasteiger partial charge on any atom is 0.175 e. The quantitative estimate of drug-likeness (QED) is 0.478. The number of nitriles is 1. The van der Waals surface area contributed by atoms with Crippen molar-refractivity contribution in [2.24, 2.45) is 0 Å². The van der Waals surface area contributed by atoms with Crippen LogP contribution in [0, 0.1) is 29.0 Å². The van der Waals surface area contributed by atoms with Crippen molar-refractivity contribution in [2.75, 3.05) is 11.6 Å². The molecule has 156 valence electrons. The lowest BCUT2D eigenvalue weighted by Gasteiger charge is -2.08. The predicted octanol–water partition coefficient (Wildman–Crippen LogP) is 4.19. The Hall–Kier alpha value is -4.27. The average molecular weight is 442 g/mol. The number of rotatable bonds is 3. The number of fused-ring (bicyclic) bond motifs is 1. The number of nitrogens with one attached hydrogen (secondary N) is 1. The van der Waals surface area contributed by atoms with Gasteiger partial charge >= 0.3 is 0 Å². The van der Waals surface area contributed by atoms with Gasteiger partial charge < -0.3 is 5.32 Å². The van der Waals surface area contributed by atoms with Crippen molar-refractivity contribution in [3.8, 4) is 17.9 Å². The third kappa shape index (κ3) is 4.56. The fourth-order valence-electron chi connectivity index (χ4n) is 2.98. The van der Waals surface area contributed by atoms with Gasteiger partial charge in [0.05, 0.1) is 10.5 Å². The Balaban J connectivity index is 1.66. The highest BCUT2D eigenvalue weighted by Gasteiger charge is 2.08. The van der Waals surface area contributed by atoms with Crippen LogP contribution < -0.4 is 5.32 Å². The number of hydrogen-bond donors (Lipinski definition) is 1. The molecule has 0 fully saturated rings. The molecule has 0 unspecified atom stereocenters. The van der Waals surface area contributed by atoms with E-state index in [1.54, 1.807) is 48.8 Å². The van der Waals surface area contributed by atoms with Gasteiger partial charge in [0, 0.05) is 40.7 Å². The Kier molecular flexibility index (Phi) is 5.55. The monoisotopic (exact) mass is 442 g/mol. The van der Waals surface area contributed by atoms with Crippen LogP contribution in [0.1, 0.15) is 16.8 Å². The van der Waals surface area contributed by atoms with Gasteiger partial charge in [0.25, 0.3) is 0 Å². The average Bonchev–Trinajstić information content (AvgIpc) is 2.77. The van der Waals surface area contributed by atoms with Gasteiger partial charge in [0.15, 0.2) is 9.84 Å². The SMILES string of the molecule is CS(=O)(=O)c1ccc(Nc2cc3c(C#Cc4ccc(C#N)c(F)c4)nccc3cn2)cc1. The molecule has 0 atom stereocenters. The molecule has 0 aliphatic rings. The van der Waals surface area contributed by atoms with Crippen LogP contribution in [0.2, 0.25) is 0 Å². The molecule has 2 aromatic carbocycles. The van der Waals surface area contributed by atoms with Crippen molar-refractivity contribution in [3.63, 3.8) is 0 Å². The topological polar surface area (TPSA) is 95.7 Å². The van der Waals surface area contributed by atoms with E-state index in [2.05, 4.69) is 27.1 Å². The molecule has 0 saturated heterocycles. The number of benzene rings is 2. The summed E-state index contributed by atoms with van der Waals surface area (Å²) in [6.07, 6.45) is 4.45. The third-order valence-electron chi connectivity index (χ3n) is 4.62. The minimum absolute atomic E-state index is 0.0369. The fraction of sp³-hybridized carbons (Fsp3) is 0.0417. The second-order valence-electron chi connectivity index (χ2n) is 6.93. The molecule has 0 bridgehead atoms. The first kappa shape index (κ1) is 21.0. The second-order valence-corrected chi connectivity index (χ2v) is 8.94. The Morgan fingerprint density at radius 2 is 1.78 bits per heavy atom. The normalized spacial score (nSPS) is 10.8. The van der Waals surface area contributed by atoms with Crippen molar-refractivity contribution in [1.82, 2.24) is 9.97 Å². The summed E-state index contributed by atoms with van der Waals surface area (Å²) in [5.41, 5.74) is 1.56. The number of hydrogen-bond acceptors (Lipinski definition) is 6. The van der Waals surface area contributed by atoms with Crippen molar-refractivity contribution in [2.45, 2.75) is 4.90 Å². The summed E-state index contributed by atoms with van der Waals surface area (Å²) in [4.78, 5) is 8.93. The number of nitrogens with zero attached hydrogens (tertiary/aromatic N) is 3. The number of anilines is 2. The van der Waals surface area contributed by atoms with Crippen LogP contribution in [0.25, 0.3) is 10.8 Å². The van der Waals surface area contributed by atoms with Crippen LogP contribution >= 0.6 is 0 Å². The molecule has 0 aliphatic heterocycles. The summed E-state index contributed by atoms with van der Waals surface area (Å²) in [5.74, 6) is 5.74.